The monoisotopic (exact) mass is 302 g/mol. The summed E-state index contributed by atoms with van der Waals surface area (Å²) in [6.07, 6.45) is 5.94. The van der Waals surface area contributed by atoms with E-state index in [0.717, 1.165) is 0 Å². The highest BCUT2D eigenvalue weighted by atomic mass is 19.1. The van der Waals surface area contributed by atoms with Crippen molar-refractivity contribution in [3.63, 3.8) is 0 Å². The quantitative estimate of drug-likeness (QED) is 0.863. The summed E-state index contributed by atoms with van der Waals surface area (Å²) in [6, 6.07) is 5.97. The van der Waals surface area contributed by atoms with Crippen LogP contribution in [-0.2, 0) is 4.79 Å². The van der Waals surface area contributed by atoms with Crippen LogP contribution in [0, 0.1) is 5.82 Å². The fourth-order valence-electron chi connectivity index (χ4n) is 1.78. The number of halogens is 1. The van der Waals surface area contributed by atoms with Gasteiger partial charge in [-0.15, -0.1) is 0 Å². The summed E-state index contributed by atoms with van der Waals surface area (Å²) in [5, 5.41) is 2.65. The van der Waals surface area contributed by atoms with Gasteiger partial charge in [0, 0.05) is 18.3 Å². The van der Waals surface area contributed by atoms with Crippen LogP contribution in [0.25, 0.3) is 6.08 Å². The highest BCUT2D eigenvalue weighted by molar-refractivity contribution is 6.02. The van der Waals surface area contributed by atoms with Crippen molar-refractivity contribution < 1.29 is 18.7 Å². The Morgan fingerprint density at radius 3 is 2.73 bits per heavy atom. The molecule has 0 aliphatic heterocycles. The van der Waals surface area contributed by atoms with Crippen LogP contribution in [0.1, 0.15) is 5.56 Å². The molecule has 0 bridgehead atoms. The maximum Gasteiger partial charge on any atom is 0.248 e. The number of nitrogens with zero attached hydrogens (tertiary/aromatic N) is 1. The molecule has 1 aromatic heterocycles. The summed E-state index contributed by atoms with van der Waals surface area (Å²) in [5.41, 5.74) is 1.11. The van der Waals surface area contributed by atoms with Crippen LogP contribution >= 0.6 is 0 Å². The van der Waals surface area contributed by atoms with E-state index in [0.29, 0.717) is 17.0 Å². The molecule has 1 amide bonds. The van der Waals surface area contributed by atoms with Crippen LogP contribution in [0.4, 0.5) is 10.1 Å². The third-order valence-corrected chi connectivity index (χ3v) is 2.86. The third kappa shape index (κ3) is 3.82. The minimum atomic E-state index is -0.454. The van der Waals surface area contributed by atoms with Crippen molar-refractivity contribution in [2.45, 2.75) is 0 Å². The van der Waals surface area contributed by atoms with Gasteiger partial charge in [-0.1, -0.05) is 6.07 Å². The fourth-order valence-corrected chi connectivity index (χ4v) is 1.78. The smallest absolute Gasteiger partial charge is 0.248 e. The third-order valence-electron chi connectivity index (χ3n) is 2.86. The number of carbonyl (C=O) groups is 1. The van der Waals surface area contributed by atoms with Crippen LogP contribution in [0.15, 0.2) is 42.7 Å². The van der Waals surface area contributed by atoms with Crippen LogP contribution in [0.3, 0.4) is 0 Å². The Kier molecular flexibility index (Phi) is 5.08. The zero-order valence-electron chi connectivity index (χ0n) is 12.2. The topological polar surface area (TPSA) is 60.5 Å². The van der Waals surface area contributed by atoms with Gasteiger partial charge >= 0.3 is 0 Å². The molecule has 0 spiro atoms. The second-order valence-electron chi connectivity index (χ2n) is 4.29. The van der Waals surface area contributed by atoms with E-state index >= 15 is 0 Å². The molecule has 0 saturated carbocycles. The van der Waals surface area contributed by atoms with Gasteiger partial charge < -0.3 is 14.8 Å². The van der Waals surface area contributed by atoms with E-state index in [1.54, 1.807) is 24.4 Å². The zero-order chi connectivity index (χ0) is 15.9. The number of hydrogen-bond donors (Lipinski definition) is 1. The van der Waals surface area contributed by atoms with Crippen LogP contribution in [0.5, 0.6) is 11.5 Å². The fraction of sp³-hybridized carbons (Fsp3) is 0.125. The van der Waals surface area contributed by atoms with Crippen molar-refractivity contribution >= 4 is 17.7 Å². The van der Waals surface area contributed by atoms with Crippen molar-refractivity contribution in [2.24, 2.45) is 0 Å². The Morgan fingerprint density at radius 1 is 1.23 bits per heavy atom. The van der Waals surface area contributed by atoms with E-state index in [1.807, 2.05) is 0 Å². The highest BCUT2D eigenvalue weighted by Crippen LogP contribution is 2.22. The van der Waals surface area contributed by atoms with E-state index in [-0.39, 0.29) is 11.7 Å². The summed E-state index contributed by atoms with van der Waals surface area (Å²) in [5.74, 6) is -0.171. The lowest BCUT2D eigenvalue weighted by molar-refractivity contribution is -0.111. The molecule has 6 heteroatoms. The lowest BCUT2D eigenvalue weighted by atomic mass is 10.2. The van der Waals surface area contributed by atoms with Crippen LogP contribution in [-0.4, -0.2) is 25.1 Å². The number of aromatic nitrogens is 1. The Hall–Kier alpha value is -2.89. The molecule has 0 saturated heterocycles. The van der Waals surface area contributed by atoms with E-state index < -0.39 is 5.82 Å². The first-order valence-corrected chi connectivity index (χ1v) is 6.44. The Balaban J connectivity index is 2.08. The van der Waals surface area contributed by atoms with Crippen LogP contribution in [0.2, 0.25) is 0 Å². The lowest BCUT2D eigenvalue weighted by Gasteiger charge is -2.07. The summed E-state index contributed by atoms with van der Waals surface area (Å²) in [4.78, 5) is 15.8. The second kappa shape index (κ2) is 7.21. The first kappa shape index (κ1) is 15.5. The van der Waals surface area contributed by atoms with E-state index in [1.165, 1.54) is 38.6 Å². The highest BCUT2D eigenvalue weighted by Gasteiger charge is 2.05. The van der Waals surface area contributed by atoms with Gasteiger partial charge in [0.2, 0.25) is 5.91 Å². The minimum absolute atomic E-state index is 0.122. The molecule has 1 N–H and O–H groups in total. The first-order chi connectivity index (χ1) is 10.6. The molecule has 0 atom stereocenters. The first-order valence-electron chi connectivity index (χ1n) is 6.44. The van der Waals surface area contributed by atoms with Crippen molar-refractivity contribution in [3.8, 4) is 11.5 Å². The van der Waals surface area contributed by atoms with Crippen molar-refractivity contribution in [1.82, 2.24) is 4.98 Å². The number of amides is 1. The molecule has 0 unspecified atom stereocenters. The van der Waals surface area contributed by atoms with Gasteiger partial charge in [-0.3, -0.25) is 9.78 Å². The summed E-state index contributed by atoms with van der Waals surface area (Å²) >= 11 is 0. The zero-order valence-corrected chi connectivity index (χ0v) is 12.2. The van der Waals surface area contributed by atoms with Gasteiger partial charge in [0.25, 0.3) is 0 Å². The van der Waals surface area contributed by atoms with E-state index in [4.69, 9.17) is 9.47 Å². The number of methoxy groups -OCH3 is 2. The molecule has 0 radical (unpaired) electrons. The molecular weight excluding hydrogens is 287 g/mol. The molecule has 0 fully saturated rings. The molecule has 0 aliphatic rings. The Bertz CT molecular complexity index is 702. The van der Waals surface area contributed by atoms with Gasteiger partial charge in [-0.25, -0.2) is 4.39 Å². The summed E-state index contributed by atoms with van der Waals surface area (Å²) in [7, 11) is 2.89. The number of nitrogens with one attached hydrogen (secondary N) is 1. The normalized spacial score (nSPS) is 10.5. The lowest BCUT2D eigenvalue weighted by Crippen LogP contribution is -2.09. The number of anilines is 1. The van der Waals surface area contributed by atoms with Gasteiger partial charge in [-0.05, 0) is 23.8 Å². The number of carbonyl (C=O) groups excluding carboxylic acids is 1. The second-order valence-corrected chi connectivity index (χ2v) is 4.29. The number of pyridine rings is 1. The molecule has 5 nitrogen and oxygen atoms in total. The van der Waals surface area contributed by atoms with Crippen molar-refractivity contribution in [2.75, 3.05) is 19.5 Å². The minimum Gasteiger partial charge on any atom is -0.494 e. The maximum atomic E-state index is 13.3. The summed E-state index contributed by atoms with van der Waals surface area (Å²) in [6.45, 7) is 0. The molecule has 2 rings (SSSR count). The molecule has 22 heavy (non-hydrogen) atoms. The number of benzene rings is 1. The van der Waals surface area contributed by atoms with Gasteiger partial charge in [-0.2, -0.15) is 0 Å². The van der Waals surface area contributed by atoms with E-state index in [2.05, 4.69) is 10.3 Å². The van der Waals surface area contributed by atoms with Gasteiger partial charge in [0.15, 0.2) is 11.6 Å². The average Bonchev–Trinajstić information content (AvgIpc) is 2.54. The SMILES string of the molecule is COc1cc(C=CC(=O)Nc2cnccc2OC)ccc1F. The largest absolute Gasteiger partial charge is 0.494 e. The van der Waals surface area contributed by atoms with Crippen molar-refractivity contribution in [1.29, 1.82) is 0 Å². The molecule has 1 aromatic carbocycles. The predicted molar refractivity (Wildman–Crippen MR) is 81.4 cm³/mol. The number of ether oxygens (including phenoxy) is 2. The number of rotatable bonds is 5. The molecule has 1 heterocycles. The predicted octanol–water partition coefficient (Wildman–Crippen LogP) is 2.89. The van der Waals surface area contributed by atoms with Crippen LogP contribution < -0.4 is 14.8 Å². The van der Waals surface area contributed by atoms with Crippen molar-refractivity contribution in [3.05, 3.63) is 54.1 Å². The van der Waals surface area contributed by atoms with E-state index in [9.17, 15) is 9.18 Å². The Labute approximate surface area is 127 Å². The molecule has 0 aliphatic carbocycles. The maximum absolute atomic E-state index is 13.3. The van der Waals surface area contributed by atoms with Gasteiger partial charge in [0.1, 0.15) is 11.4 Å². The Morgan fingerprint density at radius 2 is 2.00 bits per heavy atom. The molecule has 2 aromatic rings. The molecule has 114 valence electrons. The average molecular weight is 302 g/mol. The molecular formula is C16H15FN2O3. The standard InChI is InChI=1S/C16H15FN2O3/c1-21-14-7-8-18-10-13(14)19-16(20)6-4-11-3-5-12(17)15(9-11)22-2/h3-10H,1-2H3,(H,19,20). The number of hydrogen-bond acceptors (Lipinski definition) is 4. The summed E-state index contributed by atoms with van der Waals surface area (Å²) < 4.78 is 23.3. The van der Waals surface area contributed by atoms with Gasteiger partial charge in [0.05, 0.1) is 20.4 Å².